The van der Waals surface area contributed by atoms with Gasteiger partial charge in [0.05, 0.1) is 0 Å². The molecule has 1 amide bonds. The lowest BCUT2D eigenvalue weighted by Crippen LogP contribution is -2.12. The second kappa shape index (κ2) is 5.10. The van der Waals surface area contributed by atoms with Crippen LogP contribution in [0.2, 0.25) is 0 Å². The van der Waals surface area contributed by atoms with Crippen LogP contribution < -0.4 is 5.32 Å². The number of carbonyl (C=O) groups is 2. The molecule has 0 radical (unpaired) electrons. The quantitative estimate of drug-likeness (QED) is 0.863. The molecule has 0 aliphatic heterocycles. The van der Waals surface area contributed by atoms with Gasteiger partial charge in [-0.2, -0.15) is 0 Å². The maximum Gasteiger partial charge on any atom is 0.257 e. The number of nitrogens with zero attached hydrogens (tertiary/aromatic N) is 1. The van der Waals surface area contributed by atoms with Crippen LogP contribution in [-0.2, 0) is 0 Å². The Kier molecular flexibility index (Phi) is 3.53. The van der Waals surface area contributed by atoms with Crippen molar-refractivity contribution in [2.24, 2.45) is 0 Å². The number of hydrogen-bond donors (Lipinski definition) is 1. The van der Waals surface area contributed by atoms with E-state index < -0.39 is 0 Å². The molecule has 0 unspecified atom stereocenters. The molecule has 0 saturated carbocycles. The van der Waals surface area contributed by atoms with Gasteiger partial charge in [-0.3, -0.25) is 14.9 Å². The molecule has 1 aromatic carbocycles. The van der Waals surface area contributed by atoms with Crippen LogP contribution in [0, 0.1) is 6.92 Å². The Morgan fingerprint density at radius 1 is 1.33 bits per heavy atom. The van der Waals surface area contributed by atoms with Crippen molar-refractivity contribution in [1.82, 2.24) is 4.98 Å². The number of amides is 1. The molecule has 0 aliphatic rings. The maximum atomic E-state index is 11.9. The molecule has 1 N–H and O–H groups in total. The lowest BCUT2D eigenvalue weighted by molar-refractivity contribution is 0.100. The molecule has 0 atom stereocenters. The Hall–Kier alpha value is -2.01. The first kappa shape index (κ1) is 12.4. The topological polar surface area (TPSA) is 59.1 Å². The van der Waals surface area contributed by atoms with Crippen LogP contribution in [0.15, 0.2) is 29.6 Å². The average molecular weight is 260 g/mol. The number of aromatic nitrogens is 1. The third-order valence-corrected chi connectivity index (χ3v) is 3.12. The van der Waals surface area contributed by atoms with Crippen LogP contribution in [0.3, 0.4) is 0 Å². The van der Waals surface area contributed by atoms with E-state index in [-0.39, 0.29) is 11.7 Å². The van der Waals surface area contributed by atoms with E-state index in [1.807, 2.05) is 19.1 Å². The standard InChI is InChI=1S/C13H12N2O2S/c1-8-4-3-5-10(6-8)12(17)15-13-14-11(7-18-13)9(2)16/h3-7H,1-2H3,(H,14,15,17). The number of rotatable bonds is 3. The number of aryl methyl sites for hydroxylation is 1. The van der Waals surface area contributed by atoms with Gasteiger partial charge in [0, 0.05) is 17.9 Å². The first-order chi connectivity index (χ1) is 8.56. The van der Waals surface area contributed by atoms with Crippen molar-refractivity contribution in [3.63, 3.8) is 0 Å². The Balaban J connectivity index is 2.13. The van der Waals surface area contributed by atoms with Gasteiger partial charge in [0.1, 0.15) is 5.69 Å². The molecule has 0 bridgehead atoms. The van der Waals surface area contributed by atoms with Gasteiger partial charge in [-0.1, -0.05) is 17.7 Å². The molecule has 2 rings (SSSR count). The Morgan fingerprint density at radius 3 is 2.72 bits per heavy atom. The molecular formula is C13H12N2O2S. The van der Waals surface area contributed by atoms with E-state index in [1.165, 1.54) is 18.3 Å². The van der Waals surface area contributed by atoms with Crippen LogP contribution in [0.25, 0.3) is 0 Å². The van der Waals surface area contributed by atoms with Crippen molar-refractivity contribution in [2.75, 3.05) is 5.32 Å². The first-order valence-corrected chi connectivity index (χ1v) is 6.28. The van der Waals surface area contributed by atoms with Gasteiger partial charge in [0.15, 0.2) is 10.9 Å². The lowest BCUT2D eigenvalue weighted by atomic mass is 10.1. The van der Waals surface area contributed by atoms with E-state index in [1.54, 1.807) is 17.5 Å². The summed E-state index contributed by atoms with van der Waals surface area (Å²) in [6, 6.07) is 7.29. The fourth-order valence-electron chi connectivity index (χ4n) is 1.45. The molecular weight excluding hydrogens is 248 g/mol. The maximum absolute atomic E-state index is 11.9. The van der Waals surface area contributed by atoms with Gasteiger partial charge < -0.3 is 0 Å². The second-order valence-corrected chi connectivity index (χ2v) is 4.78. The van der Waals surface area contributed by atoms with Gasteiger partial charge in [-0.15, -0.1) is 11.3 Å². The summed E-state index contributed by atoms with van der Waals surface area (Å²) in [4.78, 5) is 27.0. The molecule has 1 aromatic heterocycles. The summed E-state index contributed by atoms with van der Waals surface area (Å²) in [5.74, 6) is -0.328. The molecule has 0 fully saturated rings. The van der Waals surface area contributed by atoms with Crippen LogP contribution in [0.5, 0.6) is 0 Å². The fourth-order valence-corrected chi connectivity index (χ4v) is 2.19. The summed E-state index contributed by atoms with van der Waals surface area (Å²) in [5.41, 5.74) is 1.97. The Bertz CT molecular complexity index is 605. The number of anilines is 1. The van der Waals surface area contributed by atoms with E-state index in [0.717, 1.165) is 5.56 Å². The molecule has 0 spiro atoms. The number of nitrogens with one attached hydrogen (secondary N) is 1. The largest absolute Gasteiger partial charge is 0.298 e. The number of thiazole rings is 1. The highest BCUT2D eigenvalue weighted by Gasteiger charge is 2.10. The summed E-state index contributed by atoms with van der Waals surface area (Å²) >= 11 is 1.24. The third kappa shape index (κ3) is 2.81. The molecule has 0 aliphatic carbocycles. The van der Waals surface area contributed by atoms with Crippen molar-refractivity contribution in [3.05, 3.63) is 46.5 Å². The molecule has 92 valence electrons. The third-order valence-electron chi connectivity index (χ3n) is 2.37. The Labute approximate surface area is 109 Å². The minimum atomic E-state index is -0.219. The highest BCUT2D eigenvalue weighted by molar-refractivity contribution is 7.14. The van der Waals surface area contributed by atoms with E-state index >= 15 is 0 Å². The van der Waals surface area contributed by atoms with Gasteiger partial charge in [0.2, 0.25) is 0 Å². The predicted octanol–water partition coefficient (Wildman–Crippen LogP) is 2.91. The number of ketones is 1. The van der Waals surface area contributed by atoms with E-state index in [2.05, 4.69) is 10.3 Å². The summed E-state index contributed by atoms with van der Waals surface area (Å²) in [5, 5.41) is 4.75. The highest BCUT2D eigenvalue weighted by atomic mass is 32.1. The van der Waals surface area contributed by atoms with Crippen LogP contribution in [-0.4, -0.2) is 16.7 Å². The zero-order chi connectivity index (χ0) is 13.1. The number of carbonyl (C=O) groups excluding carboxylic acids is 2. The molecule has 5 heteroatoms. The zero-order valence-corrected chi connectivity index (χ0v) is 10.9. The van der Waals surface area contributed by atoms with Gasteiger partial charge in [-0.25, -0.2) is 4.98 Å². The zero-order valence-electron chi connectivity index (χ0n) is 10.1. The van der Waals surface area contributed by atoms with Crippen LogP contribution in [0.4, 0.5) is 5.13 Å². The molecule has 0 saturated heterocycles. The van der Waals surface area contributed by atoms with Crippen molar-refractivity contribution < 1.29 is 9.59 Å². The molecule has 4 nitrogen and oxygen atoms in total. The normalized spacial score (nSPS) is 10.1. The first-order valence-electron chi connectivity index (χ1n) is 5.41. The fraction of sp³-hybridized carbons (Fsp3) is 0.154. The summed E-state index contributed by atoms with van der Waals surface area (Å²) in [6.45, 7) is 3.37. The Morgan fingerprint density at radius 2 is 2.11 bits per heavy atom. The number of hydrogen-bond acceptors (Lipinski definition) is 4. The number of Topliss-reactive ketones (excluding diaryl/α,β-unsaturated/α-hetero) is 1. The van der Waals surface area contributed by atoms with Gasteiger partial charge in [0.25, 0.3) is 5.91 Å². The van der Waals surface area contributed by atoms with Gasteiger partial charge in [-0.05, 0) is 19.1 Å². The van der Waals surface area contributed by atoms with Crippen LogP contribution in [0.1, 0.15) is 33.3 Å². The molecule has 2 aromatic rings. The second-order valence-electron chi connectivity index (χ2n) is 3.92. The minimum Gasteiger partial charge on any atom is -0.298 e. The van der Waals surface area contributed by atoms with E-state index in [9.17, 15) is 9.59 Å². The summed E-state index contributed by atoms with van der Waals surface area (Å²) in [7, 11) is 0. The van der Waals surface area contributed by atoms with E-state index in [0.29, 0.717) is 16.4 Å². The highest BCUT2D eigenvalue weighted by Crippen LogP contribution is 2.17. The SMILES string of the molecule is CC(=O)c1csc(NC(=O)c2cccc(C)c2)n1. The van der Waals surface area contributed by atoms with Crippen molar-refractivity contribution in [2.45, 2.75) is 13.8 Å². The molecule has 18 heavy (non-hydrogen) atoms. The summed E-state index contributed by atoms with van der Waals surface area (Å²) < 4.78 is 0. The average Bonchev–Trinajstić information content (AvgIpc) is 2.77. The molecule has 1 heterocycles. The van der Waals surface area contributed by atoms with Crippen molar-refractivity contribution >= 4 is 28.2 Å². The smallest absolute Gasteiger partial charge is 0.257 e. The monoisotopic (exact) mass is 260 g/mol. The minimum absolute atomic E-state index is 0.109. The predicted molar refractivity (Wildman–Crippen MR) is 71.3 cm³/mol. The summed E-state index contributed by atoms with van der Waals surface area (Å²) in [6.07, 6.45) is 0. The number of benzene rings is 1. The van der Waals surface area contributed by atoms with E-state index in [4.69, 9.17) is 0 Å². The van der Waals surface area contributed by atoms with Crippen molar-refractivity contribution in [3.8, 4) is 0 Å². The van der Waals surface area contributed by atoms with Crippen LogP contribution >= 0.6 is 11.3 Å². The lowest BCUT2D eigenvalue weighted by Gasteiger charge is -2.02. The van der Waals surface area contributed by atoms with Gasteiger partial charge >= 0.3 is 0 Å². The van der Waals surface area contributed by atoms with Crippen molar-refractivity contribution in [1.29, 1.82) is 0 Å².